The van der Waals surface area contributed by atoms with Gasteiger partial charge in [0.1, 0.15) is 7.05 Å². The molecular formula is C18H24N+. The van der Waals surface area contributed by atoms with E-state index in [-0.39, 0.29) is 11.1 Å². The Balaban J connectivity index is 2.93. The lowest BCUT2D eigenvalue weighted by Gasteiger charge is -2.13. The van der Waals surface area contributed by atoms with E-state index < -0.39 is 26.0 Å². The molecule has 0 saturated carbocycles. The Labute approximate surface area is 129 Å². The van der Waals surface area contributed by atoms with Crippen LogP contribution in [-0.2, 0) is 13.4 Å². The molecule has 2 aromatic rings. The van der Waals surface area contributed by atoms with Gasteiger partial charge in [-0.15, -0.1) is 0 Å². The van der Waals surface area contributed by atoms with Gasteiger partial charge in [0.2, 0.25) is 5.69 Å². The number of hydrogen-bond acceptors (Lipinski definition) is 0. The molecule has 1 atom stereocenters. The van der Waals surface area contributed by atoms with Crippen LogP contribution >= 0.6 is 0 Å². The molecule has 2 rings (SSSR count). The van der Waals surface area contributed by atoms with E-state index in [1.165, 1.54) is 12.3 Å². The molecule has 0 aliphatic rings. The van der Waals surface area contributed by atoms with E-state index in [1.54, 1.807) is 11.6 Å². The molecule has 1 unspecified atom stereocenters. The third kappa shape index (κ3) is 2.70. The molecule has 1 aromatic heterocycles. The quantitative estimate of drug-likeness (QED) is 0.732. The number of pyridine rings is 1. The predicted octanol–water partition coefficient (Wildman–Crippen LogP) is 4.17. The Kier molecular flexibility index (Phi) is 1.82. The molecule has 100 valence electrons. The highest BCUT2D eigenvalue weighted by Crippen LogP contribution is 2.26. The first-order valence-corrected chi connectivity index (χ1v) is 6.12. The molecule has 1 nitrogen and oxygen atoms in total. The van der Waals surface area contributed by atoms with Crippen molar-refractivity contribution in [2.45, 2.75) is 39.8 Å². The molecule has 0 radical (unpaired) electrons. The van der Waals surface area contributed by atoms with Gasteiger partial charge >= 0.3 is 0 Å². The Hall–Kier alpha value is -1.63. The van der Waals surface area contributed by atoms with Gasteiger partial charge in [-0.3, -0.25) is 0 Å². The van der Waals surface area contributed by atoms with Gasteiger partial charge in [0.15, 0.2) is 6.20 Å². The lowest BCUT2D eigenvalue weighted by Crippen LogP contribution is -2.32. The first-order valence-electron chi connectivity index (χ1n) is 10.6. The normalized spacial score (nSPS) is 23.2. The minimum Gasteiger partial charge on any atom is -0.201 e. The molecule has 0 amide bonds. The van der Waals surface area contributed by atoms with Crippen LogP contribution in [0.25, 0.3) is 11.3 Å². The fourth-order valence-electron chi connectivity index (χ4n) is 2.19. The van der Waals surface area contributed by atoms with Crippen LogP contribution in [-0.4, -0.2) is 0 Å². The van der Waals surface area contributed by atoms with E-state index in [2.05, 4.69) is 0 Å². The molecule has 0 aliphatic heterocycles. The summed E-state index contributed by atoms with van der Waals surface area (Å²) in [6.45, 7) is -2.76. The number of aromatic nitrogens is 1. The van der Waals surface area contributed by atoms with E-state index in [4.69, 9.17) is 12.3 Å². The predicted molar refractivity (Wildman–Crippen MR) is 81.3 cm³/mol. The van der Waals surface area contributed by atoms with Crippen molar-refractivity contribution >= 4 is 0 Å². The molecule has 0 aliphatic carbocycles. The van der Waals surface area contributed by atoms with Crippen molar-refractivity contribution in [3.05, 3.63) is 53.2 Å². The first-order chi connectivity index (χ1) is 12.5. The van der Waals surface area contributed by atoms with Gasteiger partial charge in [0.05, 0.1) is 0 Å². The summed E-state index contributed by atoms with van der Waals surface area (Å²) in [6, 6.07) is 8.83. The van der Waals surface area contributed by atoms with Gasteiger partial charge in [-0.25, -0.2) is 4.57 Å². The van der Waals surface area contributed by atoms with Crippen LogP contribution in [0.2, 0.25) is 0 Å². The second-order valence-electron chi connectivity index (χ2n) is 4.66. The average Bonchev–Trinajstić information content (AvgIpc) is 2.53. The Morgan fingerprint density at radius 2 is 2.21 bits per heavy atom. The molecule has 0 bridgehead atoms. The van der Waals surface area contributed by atoms with Gasteiger partial charge in [0.25, 0.3) is 0 Å². The summed E-state index contributed by atoms with van der Waals surface area (Å²) >= 11 is 0. The molecule has 0 fully saturated rings. The second kappa shape index (κ2) is 5.56. The van der Waals surface area contributed by atoms with Gasteiger partial charge in [-0.2, -0.15) is 0 Å². The summed E-state index contributed by atoms with van der Waals surface area (Å²) in [4.78, 5) is 0. The molecular weight excluding hydrogens is 230 g/mol. The van der Waals surface area contributed by atoms with Crippen LogP contribution < -0.4 is 4.57 Å². The van der Waals surface area contributed by atoms with Crippen molar-refractivity contribution in [2.24, 2.45) is 7.05 Å². The maximum absolute atomic E-state index is 8.51. The second-order valence-corrected chi connectivity index (χ2v) is 4.66. The van der Waals surface area contributed by atoms with E-state index in [1.807, 2.05) is 31.2 Å². The molecule has 1 aromatic carbocycles. The summed E-state index contributed by atoms with van der Waals surface area (Å²) < 4.78 is 72.6. The van der Waals surface area contributed by atoms with E-state index in [0.717, 1.165) is 18.1 Å². The standard InChI is InChI=1S/C18H24N/c1-6-15-12-19(5)18(11-17(15)13(2)3)16-10-8-7-9-14(16)4/h7-13H,6H2,1-5H3/q+1/i1D3,2D3,6D2,13D. The summed E-state index contributed by atoms with van der Waals surface area (Å²) in [5, 5.41) is 0. The van der Waals surface area contributed by atoms with Crippen molar-refractivity contribution < 1.29 is 16.9 Å². The fourth-order valence-corrected chi connectivity index (χ4v) is 2.19. The highest BCUT2D eigenvalue weighted by molar-refractivity contribution is 5.61. The molecule has 1 heterocycles. The van der Waals surface area contributed by atoms with E-state index in [0.29, 0.717) is 5.69 Å². The van der Waals surface area contributed by atoms with Crippen LogP contribution in [0.5, 0.6) is 0 Å². The number of benzene rings is 1. The number of nitrogens with zero attached hydrogens (tertiary/aromatic N) is 1. The third-order valence-electron chi connectivity index (χ3n) is 3.23. The molecule has 1 heteroatoms. The molecule has 0 N–H and O–H groups in total. The smallest absolute Gasteiger partial charge is 0.201 e. The van der Waals surface area contributed by atoms with Crippen LogP contribution in [0.15, 0.2) is 36.5 Å². The van der Waals surface area contributed by atoms with Crippen molar-refractivity contribution in [1.82, 2.24) is 0 Å². The lowest BCUT2D eigenvalue weighted by atomic mass is 9.94. The maximum Gasteiger partial charge on any atom is 0.212 e. The zero-order chi connectivity index (χ0) is 21.7. The number of aryl methyl sites for hydroxylation is 3. The monoisotopic (exact) mass is 263 g/mol. The minimum atomic E-state index is -3.02. The lowest BCUT2D eigenvalue weighted by molar-refractivity contribution is -0.660. The van der Waals surface area contributed by atoms with Gasteiger partial charge in [-0.1, -0.05) is 38.8 Å². The summed E-state index contributed by atoms with van der Waals surface area (Å²) in [6.07, 6.45) is -1.53. The van der Waals surface area contributed by atoms with E-state index in [9.17, 15) is 0 Å². The molecule has 19 heavy (non-hydrogen) atoms. The van der Waals surface area contributed by atoms with Gasteiger partial charge in [-0.05, 0) is 36.4 Å². The van der Waals surface area contributed by atoms with Crippen LogP contribution in [0.4, 0.5) is 0 Å². The average molecular weight is 263 g/mol. The summed E-state index contributed by atoms with van der Waals surface area (Å²) in [7, 11) is 1.64. The minimum absolute atomic E-state index is 0.162. The van der Waals surface area contributed by atoms with Gasteiger partial charge in [0, 0.05) is 29.5 Å². The highest BCUT2D eigenvalue weighted by Gasteiger charge is 2.17. The van der Waals surface area contributed by atoms with E-state index >= 15 is 0 Å². The Morgan fingerprint density at radius 3 is 2.89 bits per heavy atom. The first kappa shape index (κ1) is 6.21. The highest BCUT2D eigenvalue weighted by atomic mass is 14.9. The molecule has 0 saturated heterocycles. The number of hydrogen-bond donors (Lipinski definition) is 0. The van der Waals surface area contributed by atoms with Crippen LogP contribution in [0, 0.1) is 6.92 Å². The fraction of sp³-hybridized carbons (Fsp3) is 0.389. The van der Waals surface area contributed by atoms with Gasteiger partial charge < -0.3 is 0 Å². The topological polar surface area (TPSA) is 3.88 Å². The Morgan fingerprint density at radius 1 is 1.42 bits per heavy atom. The zero-order valence-corrected chi connectivity index (χ0v) is 11.4. The maximum atomic E-state index is 8.51. The SMILES string of the molecule is [2H]C([2H])([2H])C([2H])([2H])c1c[n+](C)c(-c2ccccc2C)cc1C([2H])(C)C([2H])([2H])[2H]. The summed E-state index contributed by atoms with van der Waals surface area (Å²) in [5.41, 5.74) is 1.79. The largest absolute Gasteiger partial charge is 0.212 e. The zero-order valence-electron chi connectivity index (χ0n) is 20.4. The summed E-state index contributed by atoms with van der Waals surface area (Å²) in [5.74, 6) is -2.20. The van der Waals surface area contributed by atoms with Crippen molar-refractivity contribution in [2.75, 3.05) is 0 Å². The van der Waals surface area contributed by atoms with Crippen molar-refractivity contribution in [1.29, 1.82) is 0 Å². The van der Waals surface area contributed by atoms with Crippen LogP contribution in [0.3, 0.4) is 0 Å². The molecule has 0 spiro atoms. The third-order valence-corrected chi connectivity index (χ3v) is 3.23. The number of rotatable bonds is 3. The van der Waals surface area contributed by atoms with Crippen molar-refractivity contribution in [3.63, 3.8) is 0 Å². The van der Waals surface area contributed by atoms with Crippen molar-refractivity contribution in [3.8, 4) is 11.3 Å². The Bertz CT molecular complexity index is 880. The van der Waals surface area contributed by atoms with Crippen LogP contribution in [0.1, 0.15) is 55.5 Å².